The van der Waals surface area contributed by atoms with Crippen molar-refractivity contribution in [1.82, 2.24) is 0 Å². The van der Waals surface area contributed by atoms with Crippen LogP contribution in [0.15, 0.2) is 24.3 Å². The van der Waals surface area contributed by atoms with E-state index in [1.165, 1.54) is 0 Å². The Morgan fingerprint density at radius 1 is 1.17 bits per heavy atom. The highest BCUT2D eigenvalue weighted by atomic mass is 31.0. The summed E-state index contributed by atoms with van der Waals surface area (Å²) < 4.78 is 0. The lowest BCUT2D eigenvalue weighted by Crippen LogP contribution is -2.01. The molecule has 1 rings (SSSR count). The molecular weight excluding hydrogens is 167 g/mol. The van der Waals surface area contributed by atoms with Gasteiger partial charge in [-0.2, -0.15) is 0 Å². The van der Waals surface area contributed by atoms with Gasteiger partial charge < -0.3 is 0 Å². The Hall–Kier alpha value is -0.940. The molecule has 0 bridgehead atoms. The lowest BCUT2D eigenvalue weighted by atomic mass is 10.0. The summed E-state index contributed by atoms with van der Waals surface area (Å²) in [5.74, 6) is 0.100. The molecule has 0 aliphatic heterocycles. The molecule has 0 aromatic heterocycles. The van der Waals surface area contributed by atoms with Gasteiger partial charge in [-0.15, -0.1) is 8.86 Å². The van der Waals surface area contributed by atoms with E-state index in [0.29, 0.717) is 0 Å². The van der Waals surface area contributed by atoms with E-state index in [-0.39, 0.29) is 5.78 Å². The summed E-state index contributed by atoms with van der Waals surface area (Å²) in [6, 6.07) is 7.56. The molecule has 0 saturated carbocycles. The fraction of sp³-hybridized carbons (Fsp3) is 0.200. The maximum absolute atomic E-state index is 11.1. The quantitative estimate of drug-likeness (QED) is 0.502. The van der Waals surface area contributed by atoms with Crippen LogP contribution in [0.1, 0.15) is 29.8 Å². The second-order valence-electron chi connectivity index (χ2n) is 2.73. The molecule has 1 nitrogen and oxygen atoms in total. The number of benzene rings is 1. The number of hydrogen-bond acceptors (Lipinski definition) is 1. The maximum atomic E-state index is 11.1. The zero-order valence-electron chi connectivity index (χ0n) is 7.22. The van der Waals surface area contributed by atoms with Gasteiger partial charge in [0.05, 0.1) is 0 Å². The first-order chi connectivity index (χ1) is 5.63. The molecule has 0 aliphatic carbocycles. The van der Waals surface area contributed by atoms with Gasteiger partial charge in [0.2, 0.25) is 0 Å². The minimum Gasteiger partial charge on any atom is -0.294 e. The van der Waals surface area contributed by atoms with Crippen molar-refractivity contribution in [2.24, 2.45) is 0 Å². The summed E-state index contributed by atoms with van der Waals surface area (Å²) in [7, 11) is 3.42. The summed E-state index contributed by atoms with van der Waals surface area (Å²) >= 11 is 0. The molecule has 1 aromatic rings. The summed E-state index contributed by atoms with van der Waals surface area (Å²) in [6.07, 6.45) is 0. The molecule has 12 heavy (non-hydrogen) atoms. The minimum absolute atomic E-state index is 0.100. The third-order valence-electron chi connectivity index (χ3n) is 1.71. The first-order valence-electron chi connectivity index (χ1n) is 3.78. The van der Waals surface area contributed by atoms with E-state index < -0.39 is 0 Å². The number of ketones is 1. The average molecular weight is 178 g/mol. The van der Waals surface area contributed by atoms with E-state index in [2.05, 4.69) is 8.86 Å². The Morgan fingerprint density at radius 2 is 1.67 bits per heavy atom. The van der Waals surface area contributed by atoms with E-state index in [0.717, 1.165) is 16.4 Å². The Labute approximate surface area is 74.6 Å². The SMILES string of the molecule is CC(=O)c1ccccc1C(C)=P. The largest absolute Gasteiger partial charge is 0.294 e. The van der Waals surface area contributed by atoms with Crippen molar-refractivity contribution in [3.8, 4) is 0 Å². The number of Topliss-reactive ketones (excluding diaryl/α,β-unsaturated/α-hetero) is 1. The van der Waals surface area contributed by atoms with Crippen molar-refractivity contribution in [2.45, 2.75) is 13.8 Å². The molecule has 0 amide bonds. The summed E-state index contributed by atoms with van der Waals surface area (Å²) in [5.41, 5.74) is 1.74. The number of carbonyl (C=O) groups is 1. The molecule has 0 aliphatic rings. The van der Waals surface area contributed by atoms with Gasteiger partial charge in [-0.1, -0.05) is 24.3 Å². The average Bonchev–Trinajstić information content (AvgIpc) is 2.04. The van der Waals surface area contributed by atoms with Crippen molar-refractivity contribution in [3.05, 3.63) is 35.4 Å². The molecule has 0 N–H and O–H groups in total. The van der Waals surface area contributed by atoms with Crippen LogP contribution in [-0.4, -0.2) is 11.1 Å². The van der Waals surface area contributed by atoms with Gasteiger partial charge in [-0.25, -0.2) is 0 Å². The van der Waals surface area contributed by atoms with Crippen molar-refractivity contribution in [2.75, 3.05) is 0 Å². The van der Waals surface area contributed by atoms with E-state index in [4.69, 9.17) is 0 Å². The fourth-order valence-electron chi connectivity index (χ4n) is 1.12. The van der Waals surface area contributed by atoms with Crippen molar-refractivity contribution in [3.63, 3.8) is 0 Å². The van der Waals surface area contributed by atoms with Crippen molar-refractivity contribution in [1.29, 1.82) is 0 Å². The highest BCUT2D eigenvalue weighted by Crippen LogP contribution is 2.11. The predicted octanol–water partition coefficient (Wildman–Crippen LogP) is 2.57. The lowest BCUT2D eigenvalue weighted by Gasteiger charge is -2.03. The van der Waals surface area contributed by atoms with Gasteiger partial charge in [-0.05, 0) is 24.7 Å². The van der Waals surface area contributed by atoms with Gasteiger partial charge in [0, 0.05) is 5.56 Å². The molecular formula is C10H11OP. The van der Waals surface area contributed by atoms with Gasteiger partial charge in [0.1, 0.15) is 0 Å². The van der Waals surface area contributed by atoms with Crippen LogP contribution in [0.25, 0.3) is 0 Å². The van der Waals surface area contributed by atoms with Gasteiger partial charge in [0.25, 0.3) is 0 Å². The first-order valence-corrected chi connectivity index (χ1v) is 4.28. The van der Waals surface area contributed by atoms with Gasteiger partial charge in [-0.3, -0.25) is 4.79 Å². The topological polar surface area (TPSA) is 17.1 Å². The van der Waals surface area contributed by atoms with E-state index in [1.54, 1.807) is 6.92 Å². The van der Waals surface area contributed by atoms with Gasteiger partial charge in [0.15, 0.2) is 5.78 Å². The van der Waals surface area contributed by atoms with Crippen LogP contribution in [0.4, 0.5) is 0 Å². The molecule has 0 heterocycles. The molecule has 1 aromatic carbocycles. The Kier molecular flexibility index (Phi) is 2.78. The van der Waals surface area contributed by atoms with Crippen molar-refractivity contribution >= 4 is 19.9 Å². The van der Waals surface area contributed by atoms with Crippen LogP contribution >= 0.6 is 8.86 Å². The number of carbonyl (C=O) groups excluding carboxylic acids is 1. The monoisotopic (exact) mass is 178 g/mol. The molecule has 62 valence electrons. The Balaban J connectivity index is 3.27. The van der Waals surface area contributed by atoms with Crippen LogP contribution < -0.4 is 0 Å². The summed E-state index contributed by atoms with van der Waals surface area (Å²) in [5, 5.41) is 0.987. The maximum Gasteiger partial charge on any atom is 0.160 e. The lowest BCUT2D eigenvalue weighted by molar-refractivity contribution is 0.101. The molecule has 0 fully saturated rings. The molecule has 0 radical (unpaired) electrons. The zero-order valence-corrected chi connectivity index (χ0v) is 8.22. The van der Waals surface area contributed by atoms with Crippen LogP contribution in [0, 0.1) is 0 Å². The number of rotatable bonds is 2. The Bertz CT molecular complexity index is 295. The molecule has 2 heteroatoms. The third kappa shape index (κ3) is 1.80. The predicted molar refractivity (Wildman–Crippen MR) is 54.5 cm³/mol. The fourth-order valence-corrected chi connectivity index (χ4v) is 1.34. The highest BCUT2D eigenvalue weighted by Gasteiger charge is 2.05. The van der Waals surface area contributed by atoms with E-state index >= 15 is 0 Å². The normalized spacial score (nSPS) is 9.50. The zero-order chi connectivity index (χ0) is 9.14. The van der Waals surface area contributed by atoms with Crippen molar-refractivity contribution < 1.29 is 4.79 Å². The Morgan fingerprint density at radius 3 is 2.00 bits per heavy atom. The van der Waals surface area contributed by atoms with E-state index in [1.807, 2.05) is 31.2 Å². The molecule has 0 spiro atoms. The molecule has 0 saturated heterocycles. The van der Waals surface area contributed by atoms with E-state index in [9.17, 15) is 4.79 Å². The molecule has 0 unspecified atom stereocenters. The second-order valence-corrected chi connectivity index (χ2v) is 3.48. The highest BCUT2D eigenvalue weighted by molar-refractivity contribution is 7.22. The van der Waals surface area contributed by atoms with Crippen LogP contribution in [0.2, 0.25) is 0 Å². The van der Waals surface area contributed by atoms with Crippen LogP contribution in [-0.2, 0) is 0 Å². The summed E-state index contributed by atoms with van der Waals surface area (Å²) in [6.45, 7) is 3.51. The summed E-state index contributed by atoms with van der Waals surface area (Å²) in [4.78, 5) is 11.1. The molecule has 0 atom stereocenters. The number of hydrogen-bond donors (Lipinski definition) is 0. The van der Waals surface area contributed by atoms with Crippen LogP contribution in [0.3, 0.4) is 0 Å². The smallest absolute Gasteiger partial charge is 0.160 e. The minimum atomic E-state index is 0.100. The third-order valence-corrected chi connectivity index (χ3v) is 1.98. The second kappa shape index (κ2) is 3.64. The standard InChI is InChI=1S/C10H11OP/c1-7(11)9-5-3-4-6-10(9)8(2)12/h3-6,12H,1-2H3. The first kappa shape index (κ1) is 9.15. The van der Waals surface area contributed by atoms with Gasteiger partial charge >= 0.3 is 0 Å². The van der Waals surface area contributed by atoms with Crippen LogP contribution in [0.5, 0.6) is 0 Å².